The highest BCUT2D eigenvalue weighted by molar-refractivity contribution is 7.89. The van der Waals surface area contributed by atoms with Gasteiger partial charge >= 0.3 is 0 Å². The molecule has 0 aromatic heterocycles. The lowest BCUT2D eigenvalue weighted by Gasteiger charge is -2.26. The third-order valence-electron chi connectivity index (χ3n) is 4.58. The van der Waals surface area contributed by atoms with Crippen LogP contribution in [0.3, 0.4) is 0 Å². The molecule has 1 atom stereocenters. The highest BCUT2D eigenvalue weighted by Gasteiger charge is 2.27. The minimum atomic E-state index is -3.62. The van der Waals surface area contributed by atoms with Gasteiger partial charge in [0.2, 0.25) is 10.0 Å². The summed E-state index contributed by atoms with van der Waals surface area (Å²) in [6.45, 7) is 4.41. The Kier molecular flexibility index (Phi) is 5.73. The maximum absolute atomic E-state index is 12.8. The van der Waals surface area contributed by atoms with Gasteiger partial charge in [0.05, 0.1) is 24.2 Å². The van der Waals surface area contributed by atoms with Gasteiger partial charge in [-0.25, -0.2) is 8.42 Å². The van der Waals surface area contributed by atoms with Crippen LogP contribution in [0.2, 0.25) is 0 Å². The van der Waals surface area contributed by atoms with Crippen LogP contribution in [0.4, 0.5) is 0 Å². The Morgan fingerprint density at radius 1 is 1.28 bits per heavy atom. The molecule has 2 aliphatic rings. The Bertz CT molecular complexity index is 723. The normalized spacial score (nSPS) is 22.0. The molecular formula is C17H24N2O5S. The number of hydrogen-bond acceptors (Lipinski definition) is 5. The van der Waals surface area contributed by atoms with E-state index in [0.29, 0.717) is 38.4 Å². The second kappa shape index (κ2) is 7.82. The lowest BCUT2D eigenvalue weighted by atomic mass is 10.1. The van der Waals surface area contributed by atoms with Crippen molar-refractivity contribution in [3.8, 4) is 0 Å². The van der Waals surface area contributed by atoms with Crippen molar-refractivity contribution in [1.82, 2.24) is 9.62 Å². The second-order valence-electron chi connectivity index (χ2n) is 6.34. The maximum atomic E-state index is 12.8. The molecule has 2 aliphatic heterocycles. The summed E-state index contributed by atoms with van der Waals surface area (Å²) in [5.41, 5.74) is 1.12. The van der Waals surface area contributed by atoms with Gasteiger partial charge in [-0.05, 0) is 37.5 Å². The van der Waals surface area contributed by atoms with E-state index in [1.807, 2.05) is 0 Å². The number of hydrogen-bond donors (Lipinski definition) is 1. The molecule has 2 fully saturated rings. The van der Waals surface area contributed by atoms with E-state index in [-0.39, 0.29) is 16.9 Å². The highest BCUT2D eigenvalue weighted by Crippen LogP contribution is 2.21. The first-order valence-corrected chi connectivity index (χ1v) is 10.0. The summed E-state index contributed by atoms with van der Waals surface area (Å²) in [4.78, 5) is 12.6. The molecule has 25 heavy (non-hydrogen) atoms. The standard InChI is InChI=1S/C17H24N2O5S/c1-13-4-5-15(25(21,22)19-6-9-23-10-7-19)11-16(13)17(20)18-12-14-3-2-8-24-14/h4-5,11,14H,2-3,6-10,12H2,1H3,(H,18,20)/t14-/m1/s1. The number of carbonyl (C=O) groups excluding carboxylic acids is 1. The number of morpholine rings is 1. The average molecular weight is 368 g/mol. The quantitative estimate of drug-likeness (QED) is 0.836. The molecule has 8 heteroatoms. The monoisotopic (exact) mass is 368 g/mol. The fourth-order valence-electron chi connectivity index (χ4n) is 3.05. The SMILES string of the molecule is Cc1ccc(S(=O)(=O)N2CCOCC2)cc1C(=O)NC[C@H]1CCCO1. The van der Waals surface area contributed by atoms with E-state index >= 15 is 0 Å². The van der Waals surface area contributed by atoms with E-state index in [1.165, 1.54) is 10.4 Å². The zero-order valence-electron chi connectivity index (χ0n) is 14.4. The van der Waals surface area contributed by atoms with Crippen LogP contribution in [0.15, 0.2) is 23.1 Å². The number of amides is 1. The van der Waals surface area contributed by atoms with Crippen LogP contribution >= 0.6 is 0 Å². The molecule has 0 unspecified atom stereocenters. The molecule has 0 aliphatic carbocycles. The van der Waals surface area contributed by atoms with Gasteiger partial charge in [0.25, 0.3) is 5.91 Å². The lowest BCUT2D eigenvalue weighted by molar-refractivity contribution is 0.0730. The summed E-state index contributed by atoms with van der Waals surface area (Å²) in [7, 11) is -3.62. The Hall–Kier alpha value is -1.48. The van der Waals surface area contributed by atoms with Crippen LogP contribution in [-0.4, -0.2) is 64.2 Å². The molecule has 0 bridgehead atoms. The van der Waals surface area contributed by atoms with Crippen LogP contribution in [0.5, 0.6) is 0 Å². The fraction of sp³-hybridized carbons (Fsp3) is 0.588. The first-order valence-electron chi connectivity index (χ1n) is 8.57. The molecule has 3 rings (SSSR count). The van der Waals surface area contributed by atoms with E-state index in [0.717, 1.165) is 25.0 Å². The first-order chi connectivity index (χ1) is 12.0. The highest BCUT2D eigenvalue weighted by atomic mass is 32.2. The van der Waals surface area contributed by atoms with Crippen molar-refractivity contribution < 1.29 is 22.7 Å². The lowest BCUT2D eigenvalue weighted by Crippen LogP contribution is -2.40. The minimum absolute atomic E-state index is 0.0459. The Morgan fingerprint density at radius 2 is 2.04 bits per heavy atom. The molecule has 0 spiro atoms. The molecule has 0 radical (unpaired) electrons. The average Bonchev–Trinajstić information content (AvgIpc) is 3.14. The first kappa shape index (κ1) is 18.3. The van der Waals surface area contributed by atoms with Crippen molar-refractivity contribution in [2.24, 2.45) is 0 Å². The van der Waals surface area contributed by atoms with Gasteiger partial charge in [-0.3, -0.25) is 4.79 Å². The summed E-state index contributed by atoms with van der Waals surface area (Å²) < 4.78 is 37.6. The second-order valence-corrected chi connectivity index (χ2v) is 8.28. The smallest absolute Gasteiger partial charge is 0.251 e. The van der Waals surface area contributed by atoms with E-state index in [1.54, 1.807) is 19.1 Å². The molecule has 7 nitrogen and oxygen atoms in total. The number of benzene rings is 1. The van der Waals surface area contributed by atoms with Gasteiger partial charge in [0.1, 0.15) is 0 Å². The number of nitrogens with zero attached hydrogens (tertiary/aromatic N) is 1. The fourth-order valence-corrected chi connectivity index (χ4v) is 4.48. The molecular weight excluding hydrogens is 344 g/mol. The van der Waals surface area contributed by atoms with E-state index in [9.17, 15) is 13.2 Å². The number of nitrogens with one attached hydrogen (secondary N) is 1. The van der Waals surface area contributed by atoms with Gasteiger partial charge in [0.15, 0.2) is 0 Å². The van der Waals surface area contributed by atoms with Gasteiger partial charge in [0, 0.05) is 31.8 Å². The van der Waals surface area contributed by atoms with Crippen molar-refractivity contribution in [2.75, 3.05) is 39.5 Å². The van der Waals surface area contributed by atoms with Crippen molar-refractivity contribution in [3.05, 3.63) is 29.3 Å². The van der Waals surface area contributed by atoms with Gasteiger partial charge in [-0.15, -0.1) is 0 Å². The van der Waals surface area contributed by atoms with E-state index in [2.05, 4.69) is 5.32 Å². The summed E-state index contributed by atoms with van der Waals surface area (Å²) >= 11 is 0. The molecule has 2 saturated heterocycles. The van der Waals surface area contributed by atoms with Crippen molar-refractivity contribution >= 4 is 15.9 Å². The van der Waals surface area contributed by atoms with Crippen molar-refractivity contribution in [2.45, 2.75) is 30.8 Å². The van der Waals surface area contributed by atoms with Crippen LogP contribution < -0.4 is 5.32 Å². The number of rotatable bonds is 5. The van der Waals surface area contributed by atoms with Crippen LogP contribution in [0.1, 0.15) is 28.8 Å². The van der Waals surface area contributed by atoms with E-state index < -0.39 is 10.0 Å². The van der Waals surface area contributed by atoms with Crippen LogP contribution in [-0.2, 0) is 19.5 Å². The third-order valence-corrected chi connectivity index (χ3v) is 6.47. The largest absolute Gasteiger partial charge is 0.379 e. The molecule has 2 heterocycles. The third kappa shape index (κ3) is 4.20. The number of ether oxygens (including phenoxy) is 2. The topological polar surface area (TPSA) is 84.9 Å². The number of aryl methyl sites for hydroxylation is 1. The van der Waals surface area contributed by atoms with Gasteiger partial charge in [-0.1, -0.05) is 6.07 Å². The summed E-state index contributed by atoms with van der Waals surface area (Å²) in [6, 6.07) is 4.69. The number of sulfonamides is 1. The van der Waals surface area contributed by atoms with Crippen molar-refractivity contribution in [3.63, 3.8) is 0 Å². The maximum Gasteiger partial charge on any atom is 0.251 e. The molecule has 1 N–H and O–H groups in total. The zero-order chi connectivity index (χ0) is 17.9. The Labute approximate surface area is 148 Å². The molecule has 138 valence electrons. The predicted molar refractivity (Wildman–Crippen MR) is 92.1 cm³/mol. The van der Waals surface area contributed by atoms with Crippen molar-refractivity contribution in [1.29, 1.82) is 0 Å². The molecule has 0 saturated carbocycles. The van der Waals surface area contributed by atoms with Crippen LogP contribution in [0.25, 0.3) is 0 Å². The minimum Gasteiger partial charge on any atom is -0.379 e. The van der Waals surface area contributed by atoms with Crippen LogP contribution in [0, 0.1) is 6.92 Å². The summed E-state index contributed by atoms with van der Waals surface area (Å²) in [5.74, 6) is -0.271. The summed E-state index contributed by atoms with van der Waals surface area (Å²) in [6.07, 6.45) is 1.99. The Balaban J connectivity index is 1.76. The molecule has 1 aromatic rings. The van der Waals surface area contributed by atoms with E-state index in [4.69, 9.17) is 9.47 Å². The van der Waals surface area contributed by atoms with Gasteiger partial charge < -0.3 is 14.8 Å². The number of carbonyl (C=O) groups is 1. The summed E-state index contributed by atoms with van der Waals surface area (Å²) in [5, 5.41) is 2.85. The Morgan fingerprint density at radius 3 is 2.72 bits per heavy atom. The zero-order valence-corrected chi connectivity index (χ0v) is 15.2. The molecule has 1 amide bonds. The van der Waals surface area contributed by atoms with Gasteiger partial charge in [-0.2, -0.15) is 4.31 Å². The molecule has 1 aromatic carbocycles. The predicted octanol–water partition coefficient (Wildman–Crippen LogP) is 0.925.